The first-order valence-electron chi connectivity index (χ1n) is 7.59. The summed E-state index contributed by atoms with van der Waals surface area (Å²) in [5, 5.41) is 12.4. The Kier molecular flexibility index (Phi) is 5.25. The van der Waals surface area contributed by atoms with E-state index in [4.69, 9.17) is 16.3 Å². The Balaban J connectivity index is 1.65. The summed E-state index contributed by atoms with van der Waals surface area (Å²) < 4.78 is 6.97. The van der Waals surface area contributed by atoms with Gasteiger partial charge in [-0.25, -0.2) is 0 Å². The number of aromatic nitrogens is 4. The van der Waals surface area contributed by atoms with Crippen molar-refractivity contribution < 1.29 is 9.53 Å². The Morgan fingerprint density at radius 3 is 2.96 bits per heavy atom. The second-order valence-corrected chi connectivity index (χ2v) is 5.66. The summed E-state index contributed by atoms with van der Waals surface area (Å²) in [5.41, 5.74) is 1.47. The standard InChI is InChI=1S/C17H16ClN5O2/c1-2-9-22(10-13-5-3-4-6-14(13)18)17(24)11-25-16-8-7-15-20-19-12-23(15)21-16/h2-8,12H,1,9-11H2. The molecule has 1 amide bonds. The number of carbonyl (C=O) groups is 1. The molecule has 0 unspecified atom stereocenters. The predicted octanol–water partition coefficient (Wildman–Crippen LogP) is 2.37. The van der Waals surface area contributed by atoms with Crippen LogP contribution >= 0.6 is 11.6 Å². The Morgan fingerprint density at radius 2 is 2.16 bits per heavy atom. The summed E-state index contributed by atoms with van der Waals surface area (Å²) >= 11 is 6.17. The highest BCUT2D eigenvalue weighted by Crippen LogP contribution is 2.17. The molecule has 0 aliphatic rings. The lowest BCUT2D eigenvalue weighted by Crippen LogP contribution is -2.34. The van der Waals surface area contributed by atoms with Crippen molar-refractivity contribution in [1.82, 2.24) is 24.7 Å². The van der Waals surface area contributed by atoms with Crippen molar-refractivity contribution in [3.63, 3.8) is 0 Å². The van der Waals surface area contributed by atoms with Crippen LogP contribution in [0.4, 0.5) is 0 Å². The van der Waals surface area contributed by atoms with E-state index in [1.807, 2.05) is 18.2 Å². The minimum Gasteiger partial charge on any atom is -0.467 e. The molecule has 3 aromatic rings. The highest BCUT2D eigenvalue weighted by atomic mass is 35.5. The van der Waals surface area contributed by atoms with Gasteiger partial charge >= 0.3 is 0 Å². The summed E-state index contributed by atoms with van der Waals surface area (Å²) in [5.74, 6) is 0.127. The first-order valence-corrected chi connectivity index (χ1v) is 7.97. The number of amides is 1. The maximum atomic E-state index is 12.5. The van der Waals surface area contributed by atoms with Crippen molar-refractivity contribution in [1.29, 1.82) is 0 Å². The molecule has 2 heterocycles. The van der Waals surface area contributed by atoms with Crippen LogP contribution in [0, 0.1) is 0 Å². The van der Waals surface area contributed by atoms with Crippen molar-refractivity contribution in [3.8, 4) is 5.88 Å². The maximum absolute atomic E-state index is 12.5. The van der Waals surface area contributed by atoms with Gasteiger partial charge in [0.15, 0.2) is 12.3 Å². The lowest BCUT2D eigenvalue weighted by atomic mass is 10.2. The minimum atomic E-state index is -0.189. The molecular formula is C17H16ClN5O2. The molecule has 0 saturated carbocycles. The fraction of sp³-hybridized carbons (Fsp3) is 0.176. The number of hydrogen-bond acceptors (Lipinski definition) is 5. The number of rotatable bonds is 7. The van der Waals surface area contributed by atoms with E-state index < -0.39 is 0 Å². The molecule has 0 N–H and O–H groups in total. The van der Waals surface area contributed by atoms with Crippen molar-refractivity contribution in [2.24, 2.45) is 0 Å². The third-order valence-corrected chi connectivity index (χ3v) is 3.87. The average Bonchev–Trinajstić information content (AvgIpc) is 3.09. The van der Waals surface area contributed by atoms with Gasteiger partial charge in [0.2, 0.25) is 5.88 Å². The van der Waals surface area contributed by atoms with Crippen molar-refractivity contribution in [2.45, 2.75) is 6.54 Å². The van der Waals surface area contributed by atoms with E-state index >= 15 is 0 Å². The Labute approximate surface area is 149 Å². The van der Waals surface area contributed by atoms with Gasteiger partial charge in [0.1, 0.15) is 6.33 Å². The zero-order chi connectivity index (χ0) is 17.6. The number of carbonyl (C=O) groups excluding carboxylic acids is 1. The summed E-state index contributed by atoms with van der Waals surface area (Å²) in [4.78, 5) is 14.1. The highest BCUT2D eigenvalue weighted by molar-refractivity contribution is 6.31. The van der Waals surface area contributed by atoms with Crippen LogP contribution in [-0.2, 0) is 11.3 Å². The second-order valence-electron chi connectivity index (χ2n) is 5.25. The Hall–Kier alpha value is -2.93. The fourth-order valence-electron chi connectivity index (χ4n) is 2.26. The number of halogens is 1. The Morgan fingerprint density at radius 1 is 1.32 bits per heavy atom. The number of nitrogens with zero attached hydrogens (tertiary/aromatic N) is 5. The number of benzene rings is 1. The molecule has 0 aliphatic carbocycles. The number of hydrogen-bond donors (Lipinski definition) is 0. The van der Waals surface area contributed by atoms with Crippen molar-refractivity contribution in [3.05, 3.63) is 66.0 Å². The van der Waals surface area contributed by atoms with E-state index in [0.717, 1.165) is 5.56 Å². The van der Waals surface area contributed by atoms with E-state index in [1.165, 1.54) is 10.8 Å². The second kappa shape index (κ2) is 7.76. The molecule has 0 saturated heterocycles. The lowest BCUT2D eigenvalue weighted by molar-refractivity contribution is -0.133. The van der Waals surface area contributed by atoms with Crippen LogP contribution < -0.4 is 4.74 Å². The van der Waals surface area contributed by atoms with Gasteiger partial charge in [0, 0.05) is 24.2 Å². The molecule has 7 nitrogen and oxygen atoms in total. The summed E-state index contributed by atoms with van der Waals surface area (Å²) in [6.45, 7) is 4.33. The zero-order valence-electron chi connectivity index (χ0n) is 13.4. The van der Waals surface area contributed by atoms with E-state index in [0.29, 0.717) is 29.6 Å². The highest BCUT2D eigenvalue weighted by Gasteiger charge is 2.15. The van der Waals surface area contributed by atoms with Crippen LogP contribution in [0.3, 0.4) is 0 Å². The quantitative estimate of drug-likeness (QED) is 0.607. The van der Waals surface area contributed by atoms with Crippen LogP contribution in [0.2, 0.25) is 5.02 Å². The summed E-state index contributed by atoms with van der Waals surface area (Å²) in [6.07, 6.45) is 3.13. The van der Waals surface area contributed by atoms with E-state index in [-0.39, 0.29) is 12.5 Å². The van der Waals surface area contributed by atoms with Gasteiger partial charge in [0.25, 0.3) is 5.91 Å². The number of fused-ring (bicyclic) bond motifs is 1. The molecule has 0 aliphatic heterocycles. The largest absolute Gasteiger partial charge is 0.467 e. The third kappa shape index (κ3) is 4.13. The molecule has 0 bridgehead atoms. The van der Waals surface area contributed by atoms with Crippen LogP contribution in [0.5, 0.6) is 5.88 Å². The molecule has 25 heavy (non-hydrogen) atoms. The molecule has 0 fully saturated rings. The van der Waals surface area contributed by atoms with Gasteiger partial charge in [-0.1, -0.05) is 35.9 Å². The molecule has 2 aromatic heterocycles. The Bertz CT molecular complexity index is 895. The summed E-state index contributed by atoms with van der Waals surface area (Å²) in [7, 11) is 0. The third-order valence-electron chi connectivity index (χ3n) is 3.50. The van der Waals surface area contributed by atoms with Crippen LogP contribution in [-0.4, -0.2) is 43.8 Å². The topological polar surface area (TPSA) is 72.6 Å². The molecule has 8 heteroatoms. The summed E-state index contributed by atoms with van der Waals surface area (Å²) in [6, 6.07) is 10.8. The minimum absolute atomic E-state index is 0.140. The van der Waals surface area contributed by atoms with Crippen molar-refractivity contribution in [2.75, 3.05) is 13.2 Å². The van der Waals surface area contributed by atoms with E-state index in [2.05, 4.69) is 21.9 Å². The first kappa shape index (κ1) is 16.9. The molecule has 1 aromatic carbocycles. The van der Waals surface area contributed by atoms with Gasteiger partial charge in [0.05, 0.1) is 0 Å². The van der Waals surface area contributed by atoms with Gasteiger partial charge in [-0.15, -0.1) is 21.9 Å². The smallest absolute Gasteiger partial charge is 0.261 e. The first-order chi connectivity index (χ1) is 12.2. The zero-order valence-corrected chi connectivity index (χ0v) is 14.1. The fourth-order valence-corrected chi connectivity index (χ4v) is 2.45. The van der Waals surface area contributed by atoms with Crippen molar-refractivity contribution >= 4 is 23.2 Å². The monoisotopic (exact) mass is 357 g/mol. The maximum Gasteiger partial charge on any atom is 0.261 e. The van der Waals surface area contributed by atoms with Gasteiger partial charge in [-0.3, -0.25) is 4.79 Å². The van der Waals surface area contributed by atoms with Gasteiger partial charge in [-0.2, -0.15) is 4.52 Å². The molecule has 128 valence electrons. The SMILES string of the molecule is C=CCN(Cc1ccccc1Cl)C(=O)COc1ccc2nncn2n1. The van der Waals surface area contributed by atoms with Gasteiger partial charge in [-0.05, 0) is 17.7 Å². The number of ether oxygens (including phenoxy) is 1. The normalized spacial score (nSPS) is 10.6. The molecule has 0 spiro atoms. The molecule has 0 atom stereocenters. The molecule has 0 radical (unpaired) electrons. The van der Waals surface area contributed by atoms with Crippen LogP contribution in [0.25, 0.3) is 5.65 Å². The van der Waals surface area contributed by atoms with Gasteiger partial charge < -0.3 is 9.64 Å². The van der Waals surface area contributed by atoms with Crippen LogP contribution in [0.15, 0.2) is 55.4 Å². The van der Waals surface area contributed by atoms with Crippen LogP contribution in [0.1, 0.15) is 5.56 Å². The lowest BCUT2D eigenvalue weighted by Gasteiger charge is -2.21. The predicted molar refractivity (Wildman–Crippen MR) is 93.3 cm³/mol. The van der Waals surface area contributed by atoms with E-state index in [9.17, 15) is 4.79 Å². The molecular weight excluding hydrogens is 342 g/mol. The average molecular weight is 358 g/mol. The molecule has 3 rings (SSSR count). The van der Waals surface area contributed by atoms with E-state index in [1.54, 1.807) is 29.2 Å².